The van der Waals surface area contributed by atoms with Crippen LogP contribution in [0, 0.1) is 0 Å². The molecule has 0 saturated carbocycles. The minimum Gasteiger partial charge on any atom is -0.353 e. The summed E-state index contributed by atoms with van der Waals surface area (Å²) >= 11 is 0.853. The van der Waals surface area contributed by atoms with Crippen LogP contribution in [0.5, 0.6) is 0 Å². The summed E-state index contributed by atoms with van der Waals surface area (Å²) in [6.45, 7) is 1.04. The van der Waals surface area contributed by atoms with Gasteiger partial charge in [0, 0.05) is 19.3 Å². The molecule has 0 atom stereocenters. The highest BCUT2D eigenvalue weighted by molar-refractivity contribution is 8.18. The molecule has 1 aliphatic rings. The van der Waals surface area contributed by atoms with E-state index in [4.69, 9.17) is 5.73 Å². The summed E-state index contributed by atoms with van der Waals surface area (Å²) in [6.07, 6.45) is 3.11. The van der Waals surface area contributed by atoms with Gasteiger partial charge in [0.25, 0.3) is 11.1 Å². The Morgan fingerprint density at radius 1 is 1.50 bits per heavy atom. The Kier molecular flexibility index (Phi) is 3.90. The van der Waals surface area contributed by atoms with Crippen molar-refractivity contribution in [2.24, 2.45) is 5.73 Å². The van der Waals surface area contributed by atoms with Crippen LogP contribution in [0.4, 0.5) is 10.7 Å². The first-order chi connectivity index (χ1) is 8.69. The number of nitrogens with zero attached hydrogens (tertiary/aromatic N) is 2. The summed E-state index contributed by atoms with van der Waals surface area (Å²) in [5.74, 6) is 0.0320. The Morgan fingerprint density at radius 3 is 3.00 bits per heavy atom. The van der Waals surface area contributed by atoms with Gasteiger partial charge in [0.15, 0.2) is 0 Å². The lowest BCUT2D eigenvalue weighted by Gasteiger charge is -2.02. The highest BCUT2D eigenvalue weighted by Gasteiger charge is 2.25. The van der Waals surface area contributed by atoms with E-state index >= 15 is 0 Å². The van der Waals surface area contributed by atoms with Crippen molar-refractivity contribution in [3.63, 3.8) is 0 Å². The quantitative estimate of drug-likeness (QED) is 0.665. The Balaban J connectivity index is 2.16. The molecule has 1 saturated heterocycles. The maximum Gasteiger partial charge on any atom is 0.290 e. The minimum atomic E-state index is -0.403. The van der Waals surface area contributed by atoms with Crippen molar-refractivity contribution in [1.29, 1.82) is 0 Å². The molecule has 18 heavy (non-hydrogen) atoms. The SMILES string of the molecule is NCCNc1nccc(/C=C2/SC(=O)NC2=O)n1. The standard InChI is InChI=1S/C10H11N5O2S/c11-2-4-13-9-12-3-1-6(14-9)5-7-8(16)15-10(17)18-7/h1,3,5H,2,4,11H2,(H,12,13,14)(H,15,16,17)/b7-5+. The molecule has 7 nitrogen and oxygen atoms in total. The van der Waals surface area contributed by atoms with E-state index in [2.05, 4.69) is 20.6 Å². The summed E-state index contributed by atoms with van der Waals surface area (Å²) in [4.78, 5) is 30.8. The van der Waals surface area contributed by atoms with E-state index in [0.29, 0.717) is 29.6 Å². The predicted octanol–water partition coefficient (Wildman–Crippen LogP) is 0.171. The number of anilines is 1. The Labute approximate surface area is 107 Å². The van der Waals surface area contributed by atoms with Crippen molar-refractivity contribution in [3.8, 4) is 0 Å². The zero-order valence-electron chi connectivity index (χ0n) is 9.34. The van der Waals surface area contributed by atoms with Gasteiger partial charge in [-0.05, 0) is 23.9 Å². The number of aromatic nitrogens is 2. The molecule has 4 N–H and O–H groups in total. The van der Waals surface area contributed by atoms with Gasteiger partial charge >= 0.3 is 0 Å². The summed E-state index contributed by atoms with van der Waals surface area (Å²) in [5.41, 5.74) is 5.91. The Morgan fingerprint density at radius 2 is 2.33 bits per heavy atom. The van der Waals surface area contributed by atoms with Crippen LogP contribution in [0.25, 0.3) is 6.08 Å². The number of rotatable bonds is 4. The van der Waals surface area contributed by atoms with Gasteiger partial charge in [-0.2, -0.15) is 0 Å². The second kappa shape index (κ2) is 5.61. The number of hydrogen-bond acceptors (Lipinski definition) is 7. The van der Waals surface area contributed by atoms with Gasteiger partial charge in [0.2, 0.25) is 5.95 Å². The van der Waals surface area contributed by atoms with E-state index < -0.39 is 5.91 Å². The van der Waals surface area contributed by atoms with Gasteiger partial charge < -0.3 is 11.1 Å². The van der Waals surface area contributed by atoms with Gasteiger partial charge in [-0.3, -0.25) is 14.9 Å². The molecule has 0 bridgehead atoms. The average Bonchev–Trinajstić information content (AvgIpc) is 2.66. The summed E-state index contributed by atoms with van der Waals surface area (Å²) < 4.78 is 0. The molecule has 0 aliphatic carbocycles. The molecule has 2 amide bonds. The fourth-order valence-electron chi connectivity index (χ4n) is 1.28. The highest BCUT2D eigenvalue weighted by Crippen LogP contribution is 2.24. The second-order valence-electron chi connectivity index (χ2n) is 3.37. The number of nitrogens with one attached hydrogen (secondary N) is 2. The first-order valence-corrected chi connectivity index (χ1v) is 6.02. The van der Waals surface area contributed by atoms with Crippen molar-refractivity contribution in [2.75, 3.05) is 18.4 Å². The molecule has 0 aromatic carbocycles. The molecule has 2 heterocycles. The average molecular weight is 265 g/mol. The molecule has 1 aromatic rings. The third-order valence-corrected chi connectivity index (χ3v) is 2.84. The smallest absolute Gasteiger partial charge is 0.290 e. The molecule has 2 rings (SSSR count). The van der Waals surface area contributed by atoms with Gasteiger partial charge in [0.1, 0.15) is 0 Å². The largest absolute Gasteiger partial charge is 0.353 e. The van der Waals surface area contributed by atoms with Crippen molar-refractivity contribution in [1.82, 2.24) is 15.3 Å². The summed E-state index contributed by atoms with van der Waals surface area (Å²) in [5, 5.41) is 4.73. The van der Waals surface area contributed by atoms with E-state index in [1.54, 1.807) is 18.3 Å². The zero-order valence-corrected chi connectivity index (χ0v) is 10.2. The van der Waals surface area contributed by atoms with Crippen LogP contribution in [-0.2, 0) is 4.79 Å². The van der Waals surface area contributed by atoms with Crippen LogP contribution in [0.15, 0.2) is 17.2 Å². The topological polar surface area (TPSA) is 110 Å². The fourth-order valence-corrected chi connectivity index (χ4v) is 1.94. The molecule has 0 spiro atoms. The number of imide groups is 1. The molecule has 94 valence electrons. The molecular formula is C10H11N5O2S. The molecule has 1 fully saturated rings. The van der Waals surface area contributed by atoms with E-state index in [1.807, 2.05) is 0 Å². The molecule has 8 heteroatoms. The van der Waals surface area contributed by atoms with Crippen molar-refractivity contribution >= 4 is 34.9 Å². The van der Waals surface area contributed by atoms with Gasteiger partial charge in [-0.1, -0.05) is 0 Å². The van der Waals surface area contributed by atoms with Crippen LogP contribution < -0.4 is 16.4 Å². The van der Waals surface area contributed by atoms with Crippen LogP contribution in [-0.4, -0.2) is 34.2 Å². The van der Waals surface area contributed by atoms with Crippen molar-refractivity contribution < 1.29 is 9.59 Å². The lowest BCUT2D eigenvalue weighted by Crippen LogP contribution is -2.17. The molecule has 0 unspecified atom stereocenters. The van der Waals surface area contributed by atoms with Crippen LogP contribution in [0.3, 0.4) is 0 Å². The van der Waals surface area contributed by atoms with Crippen LogP contribution in [0.2, 0.25) is 0 Å². The lowest BCUT2D eigenvalue weighted by atomic mass is 10.3. The van der Waals surface area contributed by atoms with E-state index in [1.165, 1.54) is 0 Å². The van der Waals surface area contributed by atoms with E-state index in [9.17, 15) is 9.59 Å². The second-order valence-corrected chi connectivity index (χ2v) is 4.39. The van der Waals surface area contributed by atoms with Gasteiger partial charge in [-0.25, -0.2) is 9.97 Å². The lowest BCUT2D eigenvalue weighted by molar-refractivity contribution is -0.115. The van der Waals surface area contributed by atoms with Crippen molar-refractivity contribution in [2.45, 2.75) is 0 Å². The maximum absolute atomic E-state index is 11.3. The third kappa shape index (κ3) is 3.05. The zero-order chi connectivity index (χ0) is 13.0. The molecule has 1 aliphatic heterocycles. The van der Waals surface area contributed by atoms with Crippen LogP contribution >= 0.6 is 11.8 Å². The normalized spacial score (nSPS) is 17.1. The van der Waals surface area contributed by atoms with Crippen LogP contribution in [0.1, 0.15) is 5.69 Å². The summed E-state index contributed by atoms with van der Waals surface area (Å²) in [7, 11) is 0. The van der Waals surface area contributed by atoms with Gasteiger partial charge in [0.05, 0.1) is 10.6 Å². The summed E-state index contributed by atoms with van der Waals surface area (Å²) in [6, 6.07) is 1.65. The predicted molar refractivity (Wildman–Crippen MR) is 68.7 cm³/mol. The number of amides is 2. The number of hydrogen-bond donors (Lipinski definition) is 3. The third-order valence-electron chi connectivity index (χ3n) is 2.03. The first-order valence-electron chi connectivity index (χ1n) is 5.21. The number of carbonyl (C=O) groups excluding carboxylic acids is 2. The highest BCUT2D eigenvalue weighted by atomic mass is 32.2. The van der Waals surface area contributed by atoms with E-state index in [-0.39, 0.29) is 5.24 Å². The molecule has 0 radical (unpaired) electrons. The monoisotopic (exact) mass is 265 g/mol. The Hall–Kier alpha value is -1.93. The first kappa shape index (κ1) is 12.5. The van der Waals surface area contributed by atoms with E-state index in [0.717, 1.165) is 11.8 Å². The maximum atomic E-state index is 11.3. The molecule has 1 aromatic heterocycles. The molecular weight excluding hydrogens is 254 g/mol. The van der Waals surface area contributed by atoms with Crippen molar-refractivity contribution in [3.05, 3.63) is 22.9 Å². The number of carbonyl (C=O) groups is 2. The number of thioether (sulfide) groups is 1. The fraction of sp³-hybridized carbons (Fsp3) is 0.200. The Bertz CT molecular complexity index is 517. The van der Waals surface area contributed by atoms with Gasteiger partial charge in [-0.15, -0.1) is 0 Å². The number of nitrogens with two attached hydrogens (primary N) is 1. The minimum absolute atomic E-state index is 0.323.